The van der Waals surface area contributed by atoms with Crippen molar-refractivity contribution in [2.24, 2.45) is 5.73 Å². The minimum Gasteiger partial charge on any atom is -0.317 e. The summed E-state index contributed by atoms with van der Waals surface area (Å²) in [5, 5.41) is 0.674. The van der Waals surface area contributed by atoms with Crippen molar-refractivity contribution in [3.05, 3.63) is 28.8 Å². The lowest BCUT2D eigenvalue weighted by Gasteiger charge is -2.35. The molecule has 0 bridgehead atoms. The fraction of sp³-hybridized carbons (Fsp3) is 0.533. The quantitative estimate of drug-likeness (QED) is 0.864. The van der Waals surface area contributed by atoms with Crippen molar-refractivity contribution in [1.82, 2.24) is 0 Å². The molecule has 0 atom stereocenters. The van der Waals surface area contributed by atoms with Crippen LogP contribution in [-0.2, 0) is 11.2 Å². The fourth-order valence-electron chi connectivity index (χ4n) is 3.23. The predicted octanol–water partition coefficient (Wildman–Crippen LogP) is 3.31. The zero-order chi connectivity index (χ0) is 13.5. The first-order chi connectivity index (χ1) is 9.10. The van der Waals surface area contributed by atoms with E-state index >= 15 is 0 Å². The Balaban J connectivity index is 0.00000147. The summed E-state index contributed by atoms with van der Waals surface area (Å²) in [6, 6.07) is 5.77. The molecule has 2 aliphatic rings. The molecule has 5 heteroatoms. The number of rotatable bonds is 1. The monoisotopic (exact) mass is 314 g/mol. The van der Waals surface area contributed by atoms with E-state index in [1.54, 1.807) is 0 Å². The van der Waals surface area contributed by atoms with Gasteiger partial charge in [0.1, 0.15) is 0 Å². The molecular formula is C15H20Cl2N2O. The lowest BCUT2D eigenvalue weighted by molar-refractivity contribution is -0.124. The molecule has 0 saturated heterocycles. The van der Waals surface area contributed by atoms with Gasteiger partial charge in [0.15, 0.2) is 0 Å². The topological polar surface area (TPSA) is 46.3 Å². The second kappa shape index (κ2) is 5.92. The van der Waals surface area contributed by atoms with Crippen LogP contribution < -0.4 is 10.6 Å². The molecule has 1 heterocycles. The summed E-state index contributed by atoms with van der Waals surface area (Å²) in [5.74, 6) is 0.0771. The van der Waals surface area contributed by atoms with Crippen molar-refractivity contribution in [2.75, 3.05) is 11.4 Å². The Kier molecular flexibility index (Phi) is 4.62. The number of benzene rings is 1. The molecule has 1 aliphatic heterocycles. The zero-order valence-corrected chi connectivity index (χ0v) is 13.0. The number of fused-ring (bicyclic) bond motifs is 1. The minimum absolute atomic E-state index is 0. The average Bonchev–Trinajstić information content (AvgIpc) is 2.81. The number of anilines is 1. The summed E-state index contributed by atoms with van der Waals surface area (Å²) in [6.07, 6.45) is 5.80. The van der Waals surface area contributed by atoms with Crippen LogP contribution in [0.25, 0.3) is 0 Å². The van der Waals surface area contributed by atoms with Crippen LogP contribution in [0.1, 0.15) is 37.7 Å². The third kappa shape index (κ3) is 2.67. The maximum atomic E-state index is 12.8. The summed E-state index contributed by atoms with van der Waals surface area (Å²) in [5.41, 5.74) is 7.83. The second-order valence-electron chi connectivity index (χ2n) is 5.70. The van der Waals surface area contributed by atoms with E-state index in [0.29, 0.717) is 5.02 Å². The Morgan fingerprint density at radius 1 is 1.25 bits per heavy atom. The average molecular weight is 315 g/mol. The van der Waals surface area contributed by atoms with Gasteiger partial charge in [0.2, 0.25) is 5.91 Å². The van der Waals surface area contributed by atoms with Gasteiger partial charge in [-0.05, 0) is 37.0 Å². The molecule has 110 valence electrons. The van der Waals surface area contributed by atoms with Crippen molar-refractivity contribution in [2.45, 2.75) is 44.1 Å². The number of halogens is 2. The number of carbonyl (C=O) groups is 1. The van der Waals surface area contributed by atoms with Gasteiger partial charge in [-0.3, -0.25) is 4.79 Å². The third-order valence-electron chi connectivity index (χ3n) is 4.36. The SMILES string of the molecule is Cl.NC1(C(=O)N2CCc3ccc(Cl)cc32)CCCCC1. The van der Waals surface area contributed by atoms with E-state index in [-0.39, 0.29) is 18.3 Å². The van der Waals surface area contributed by atoms with Gasteiger partial charge >= 0.3 is 0 Å². The Morgan fingerprint density at radius 3 is 2.65 bits per heavy atom. The van der Waals surface area contributed by atoms with E-state index in [1.807, 2.05) is 23.1 Å². The van der Waals surface area contributed by atoms with Gasteiger partial charge in [-0.15, -0.1) is 12.4 Å². The maximum Gasteiger partial charge on any atom is 0.247 e. The Labute approximate surface area is 130 Å². The number of nitrogens with zero attached hydrogens (tertiary/aromatic N) is 1. The normalized spacial score (nSPS) is 20.2. The Bertz CT molecular complexity index is 513. The molecule has 2 N–H and O–H groups in total. The predicted molar refractivity (Wildman–Crippen MR) is 84.8 cm³/mol. The van der Waals surface area contributed by atoms with E-state index in [9.17, 15) is 4.79 Å². The van der Waals surface area contributed by atoms with Crippen LogP contribution in [0.5, 0.6) is 0 Å². The standard InChI is InChI=1S/C15H19ClN2O.ClH/c16-12-5-4-11-6-9-18(13(11)10-12)14(19)15(17)7-2-1-3-8-15;/h4-5,10H,1-3,6-9,17H2;1H. The molecule has 3 rings (SSSR count). The van der Waals surface area contributed by atoms with Crippen LogP contribution in [0.2, 0.25) is 5.02 Å². The summed E-state index contributed by atoms with van der Waals surface area (Å²) in [7, 11) is 0. The van der Waals surface area contributed by atoms with E-state index in [0.717, 1.165) is 44.3 Å². The highest BCUT2D eigenvalue weighted by Gasteiger charge is 2.40. The van der Waals surface area contributed by atoms with Crippen molar-refractivity contribution in [3.8, 4) is 0 Å². The largest absolute Gasteiger partial charge is 0.317 e. The van der Waals surface area contributed by atoms with Gasteiger partial charge in [0.25, 0.3) is 0 Å². The first-order valence-corrected chi connectivity index (χ1v) is 7.37. The van der Waals surface area contributed by atoms with Crippen LogP contribution >= 0.6 is 24.0 Å². The summed E-state index contributed by atoms with van der Waals surface area (Å²) >= 11 is 6.04. The first-order valence-electron chi connectivity index (χ1n) is 6.99. The molecule has 3 nitrogen and oxygen atoms in total. The molecule has 1 aromatic carbocycles. The highest BCUT2D eigenvalue weighted by atomic mass is 35.5. The zero-order valence-electron chi connectivity index (χ0n) is 11.4. The molecule has 1 fully saturated rings. The summed E-state index contributed by atoms with van der Waals surface area (Å²) < 4.78 is 0. The second-order valence-corrected chi connectivity index (χ2v) is 6.13. The van der Waals surface area contributed by atoms with Crippen molar-refractivity contribution >= 4 is 35.6 Å². The molecule has 0 aromatic heterocycles. The van der Waals surface area contributed by atoms with E-state index in [1.165, 1.54) is 12.0 Å². The van der Waals surface area contributed by atoms with E-state index < -0.39 is 5.54 Å². The van der Waals surface area contributed by atoms with Gasteiger partial charge in [-0.2, -0.15) is 0 Å². The minimum atomic E-state index is -0.665. The van der Waals surface area contributed by atoms with Gasteiger partial charge in [-0.1, -0.05) is 36.9 Å². The molecule has 1 saturated carbocycles. The van der Waals surface area contributed by atoms with E-state index in [4.69, 9.17) is 17.3 Å². The lowest BCUT2D eigenvalue weighted by atomic mass is 9.81. The molecule has 1 amide bonds. The number of hydrogen-bond donors (Lipinski definition) is 1. The summed E-state index contributed by atoms with van der Waals surface area (Å²) in [4.78, 5) is 14.6. The Hall–Kier alpha value is -0.770. The molecule has 0 radical (unpaired) electrons. The first kappa shape index (κ1) is 15.6. The smallest absolute Gasteiger partial charge is 0.247 e. The van der Waals surface area contributed by atoms with Crippen molar-refractivity contribution in [3.63, 3.8) is 0 Å². The lowest BCUT2D eigenvalue weighted by Crippen LogP contribution is -2.56. The molecule has 1 aliphatic carbocycles. The van der Waals surface area contributed by atoms with E-state index in [2.05, 4.69) is 0 Å². The molecule has 20 heavy (non-hydrogen) atoms. The van der Waals surface area contributed by atoms with Gasteiger partial charge in [0, 0.05) is 17.3 Å². The van der Waals surface area contributed by atoms with Crippen LogP contribution in [0.4, 0.5) is 5.69 Å². The van der Waals surface area contributed by atoms with Crippen LogP contribution in [-0.4, -0.2) is 18.0 Å². The van der Waals surface area contributed by atoms with Crippen LogP contribution in [0.15, 0.2) is 18.2 Å². The van der Waals surface area contributed by atoms with Crippen LogP contribution in [0, 0.1) is 0 Å². The van der Waals surface area contributed by atoms with Crippen molar-refractivity contribution < 1.29 is 4.79 Å². The third-order valence-corrected chi connectivity index (χ3v) is 4.59. The number of hydrogen-bond acceptors (Lipinski definition) is 2. The number of nitrogens with two attached hydrogens (primary N) is 1. The maximum absolute atomic E-state index is 12.8. The highest BCUT2D eigenvalue weighted by Crippen LogP contribution is 2.35. The summed E-state index contributed by atoms with van der Waals surface area (Å²) in [6.45, 7) is 0.730. The number of carbonyl (C=O) groups excluding carboxylic acids is 1. The molecule has 0 unspecified atom stereocenters. The molecule has 1 aromatic rings. The fourth-order valence-corrected chi connectivity index (χ4v) is 3.39. The highest BCUT2D eigenvalue weighted by molar-refractivity contribution is 6.31. The Morgan fingerprint density at radius 2 is 1.95 bits per heavy atom. The number of amides is 1. The van der Waals surface area contributed by atoms with Gasteiger partial charge < -0.3 is 10.6 Å². The van der Waals surface area contributed by atoms with Gasteiger partial charge in [-0.25, -0.2) is 0 Å². The molecule has 0 spiro atoms. The molecular weight excluding hydrogens is 295 g/mol. The van der Waals surface area contributed by atoms with Crippen LogP contribution in [0.3, 0.4) is 0 Å². The van der Waals surface area contributed by atoms with Gasteiger partial charge in [0.05, 0.1) is 5.54 Å². The van der Waals surface area contributed by atoms with Crippen molar-refractivity contribution in [1.29, 1.82) is 0 Å².